The Bertz CT molecular complexity index is 582. The molecule has 0 aliphatic carbocycles. The van der Waals surface area contributed by atoms with Crippen LogP contribution in [0, 0.1) is 0 Å². The molecule has 1 aromatic heterocycles. The Labute approximate surface area is 91.0 Å². The summed E-state index contributed by atoms with van der Waals surface area (Å²) in [6.07, 6.45) is 0.218. The molecule has 84 valence electrons. The SMILES string of the molecule is CN(N)C(=O)Cc1ccc2[nH]c(=O)[nH]c2c1. The third-order valence-electron chi connectivity index (χ3n) is 2.33. The van der Waals surface area contributed by atoms with Crippen LogP contribution in [0.15, 0.2) is 23.0 Å². The number of aromatic nitrogens is 2. The van der Waals surface area contributed by atoms with Crippen LogP contribution in [0.4, 0.5) is 0 Å². The molecule has 1 aromatic carbocycles. The predicted molar refractivity (Wildman–Crippen MR) is 59.6 cm³/mol. The predicted octanol–water partition coefficient (Wildman–Crippen LogP) is -0.269. The highest BCUT2D eigenvalue weighted by Gasteiger charge is 2.07. The number of aromatic amines is 2. The molecule has 0 atom stereocenters. The van der Waals surface area contributed by atoms with Crippen LogP contribution >= 0.6 is 0 Å². The van der Waals surface area contributed by atoms with E-state index in [0.717, 1.165) is 16.1 Å². The number of hydrazine groups is 1. The fourth-order valence-electron chi connectivity index (χ4n) is 1.49. The van der Waals surface area contributed by atoms with Gasteiger partial charge >= 0.3 is 5.69 Å². The molecule has 2 rings (SSSR count). The van der Waals surface area contributed by atoms with Crippen molar-refractivity contribution >= 4 is 16.9 Å². The molecule has 0 saturated carbocycles. The summed E-state index contributed by atoms with van der Waals surface area (Å²) in [5.74, 6) is 5.14. The first-order valence-corrected chi connectivity index (χ1v) is 4.78. The van der Waals surface area contributed by atoms with Crippen LogP contribution in [0.25, 0.3) is 11.0 Å². The summed E-state index contributed by atoms with van der Waals surface area (Å²) in [5.41, 5.74) is 1.97. The van der Waals surface area contributed by atoms with E-state index >= 15 is 0 Å². The van der Waals surface area contributed by atoms with Gasteiger partial charge in [-0.1, -0.05) is 6.07 Å². The van der Waals surface area contributed by atoms with Gasteiger partial charge in [-0.25, -0.2) is 10.6 Å². The highest BCUT2D eigenvalue weighted by molar-refractivity contribution is 5.81. The average Bonchev–Trinajstić information content (AvgIpc) is 2.57. The summed E-state index contributed by atoms with van der Waals surface area (Å²) in [5, 5.41) is 1.05. The number of carbonyl (C=O) groups is 1. The lowest BCUT2D eigenvalue weighted by atomic mass is 10.1. The van der Waals surface area contributed by atoms with Crippen molar-refractivity contribution in [2.75, 3.05) is 7.05 Å². The molecule has 16 heavy (non-hydrogen) atoms. The number of nitrogens with two attached hydrogens (primary N) is 1. The number of carbonyl (C=O) groups excluding carboxylic acids is 1. The van der Waals surface area contributed by atoms with Gasteiger partial charge in [-0.2, -0.15) is 0 Å². The number of H-pyrrole nitrogens is 2. The summed E-state index contributed by atoms with van der Waals surface area (Å²) in [6, 6.07) is 5.30. The van der Waals surface area contributed by atoms with Gasteiger partial charge in [0, 0.05) is 7.05 Å². The topological polar surface area (TPSA) is 95.0 Å². The molecule has 0 aliphatic heterocycles. The van der Waals surface area contributed by atoms with Gasteiger partial charge in [0.2, 0.25) is 5.91 Å². The van der Waals surface area contributed by atoms with Gasteiger partial charge in [0.25, 0.3) is 0 Å². The molecule has 6 heteroatoms. The molecule has 0 aliphatic rings. The van der Waals surface area contributed by atoms with Gasteiger partial charge in [-0.3, -0.25) is 9.80 Å². The normalized spacial score (nSPS) is 10.6. The minimum Gasteiger partial charge on any atom is -0.306 e. The molecule has 1 heterocycles. The van der Waals surface area contributed by atoms with E-state index in [0.29, 0.717) is 5.52 Å². The van der Waals surface area contributed by atoms with Crippen LogP contribution in [0.5, 0.6) is 0 Å². The van der Waals surface area contributed by atoms with E-state index in [1.54, 1.807) is 18.2 Å². The third kappa shape index (κ3) is 1.96. The van der Waals surface area contributed by atoms with Crippen molar-refractivity contribution in [2.45, 2.75) is 6.42 Å². The van der Waals surface area contributed by atoms with E-state index in [9.17, 15) is 9.59 Å². The zero-order valence-corrected chi connectivity index (χ0v) is 8.78. The van der Waals surface area contributed by atoms with Crippen LogP contribution in [0.3, 0.4) is 0 Å². The first-order chi connectivity index (χ1) is 7.56. The average molecular weight is 220 g/mol. The summed E-state index contributed by atoms with van der Waals surface area (Å²) in [6.45, 7) is 0. The van der Waals surface area contributed by atoms with Crippen molar-refractivity contribution in [1.82, 2.24) is 15.0 Å². The molecule has 0 saturated heterocycles. The molecular formula is C10H12N4O2. The number of fused-ring (bicyclic) bond motifs is 1. The van der Waals surface area contributed by atoms with E-state index in [2.05, 4.69) is 9.97 Å². The lowest BCUT2D eigenvalue weighted by molar-refractivity contribution is -0.129. The molecule has 0 unspecified atom stereocenters. The fourth-order valence-corrected chi connectivity index (χ4v) is 1.49. The number of imidazole rings is 1. The van der Waals surface area contributed by atoms with Gasteiger partial charge in [-0.05, 0) is 17.7 Å². The molecule has 0 radical (unpaired) electrons. The van der Waals surface area contributed by atoms with Crippen molar-refractivity contribution in [3.63, 3.8) is 0 Å². The minimum atomic E-state index is -0.255. The first-order valence-electron chi connectivity index (χ1n) is 4.78. The lowest BCUT2D eigenvalue weighted by Crippen LogP contribution is -2.34. The second-order valence-corrected chi connectivity index (χ2v) is 3.64. The lowest BCUT2D eigenvalue weighted by Gasteiger charge is -2.09. The third-order valence-corrected chi connectivity index (χ3v) is 2.33. The minimum absolute atomic E-state index is 0.183. The van der Waals surface area contributed by atoms with Crippen molar-refractivity contribution in [3.8, 4) is 0 Å². The maximum Gasteiger partial charge on any atom is 0.323 e. The maximum absolute atomic E-state index is 11.4. The number of likely N-dealkylation sites (N-methyl/N-ethyl adjacent to an activating group) is 1. The Hall–Kier alpha value is -2.08. The number of hydrogen-bond donors (Lipinski definition) is 3. The van der Waals surface area contributed by atoms with E-state index in [-0.39, 0.29) is 18.0 Å². The van der Waals surface area contributed by atoms with Crippen LogP contribution in [-0.4, -0.2) is 27.9 Å². The molecule has 4 N–H and O–H groups in total. The largest absolute Gasteiger partial charge is 0.323 e. The van der Waals surface area contributed by atoms with Crippen LogP contribution in [0.2, 0.25) is 0 Å². The Morgan fingerprint density at radius 3 is 2.75 bits per heavy atom. The molecule has 0 fully saturated rings. The van der Waals surface area contributed by atoms with Crippen LogP contribution in [-0.2, 0) is 11.2 Å². The highest BCUT2D eigenvalue weighted by atomic mass is 16.2. The number of amides is 1. The molecule has 2 aromatic rings. The number of nitrogens with zero attached hydrogens (tertiary/aromatic N) is 1. The van der Waals surface area contributed by atoms with E-state index in [1.165, 1.54) is 7.05 Å². The van der Waals surface area contributed by atoms with Gasteiger partial charge < -0.3 is 9.97 Å². The first kappa shape index (κ1) is 10.4. The monoisotopic (exact) mass is 220 g/mol. The summed E-state index contributed by atoms with van der Waals surface area (Å²) >= 11 is 0. The van der Waals surface area contributed by atoms with E-state index < -0.39 is 0 Å². The molecular weight excluding hydrogens is 208 g/mol. The highest BCUT2D eigenvalue weighted by Crippen LogP contribution is 2.10. The summed E-state index contributed by atoms with van der Waals surface area (Å²) in [7, 11) is 1.50. The Morgan fingerprint density at radius 2 is 2.06 bits per heavy atom. The smallest absolute Gasteiger partial charge is 0.306 e. The number of rotatable bonds is 2. The molecule has 0 bridgehead atoms. The maximum atomic E-state index is 11.4. The Morgan fingerprint density at radius 1 is 1.38 bits per heavy atom. The number of nitrogens with one attached hydrogen (secondary N) is 2. The van der Waals surface area contributed by atoms with E-state index in [4.69, 9.17) is 5.84 Å². The van der Waals surface area contributed by atoms with Crippen LogP contribution < -0.4 is 11.5 Å². The van der Waals surface area contributed by atoms with Crippen molar-refractivity contribution in [2.24, 2.45) is 5.84 Å². The van der Waals surface area contributed by atoms with Gasteiger partial charge in [0.15, 0.2) is 0 Å². The fraction of sp³-hybridized carbons (Fsp3) is 0.200. The van der Waals surface area contributed by atoms with Crippen LogP contribution in [0.1, 0.15) is 5.56 Å². The van der Waals surface area contributed by atoms with Crippen molar-refractivity contribution in [1.29, 1.82) is 0 Å². The molecule has 6 nitrogen and oxygen atoms in total. The second kappa shape index (κ2) is 3.82. The number of hydrogen-bond acceptors (Lipinski definition) is 3. The summed E-state index contributed by atoms with van der Waals surface area (Å²) < 4.78 is 0. The quantitative estimate of drug-likeness (QED) is 0.369. The standard InChI is InChI=1S/C10H12N4O2/c1-14(11)9(15)5-6-2-3-7-8(4-6)13-10(16)12-7/h2-4H,5,11H2,1H3,(H2,12,13,16). The zero-order valence-electron chi connectivity index (χ0n) is 8.78. The molecule has 0 spiro atoms. The van der Waals surface area contributed by atoms with Gasteiger partial charge in [0.05, 0.1) is 17.5 Å². The van der Waals surface area contributed by atoms with Gasteiger partial charge in [-0.15, -0.1) is 0 Å². The molecule has 1 amide bonds. The van der Waals surface area contributed by atoms with Crippen molar-refractivity contribution < 1.29 is 4.79 Å². The Balaban J connectivity index is 2.32. The Kier molecular flexibility index (Phi) is 2.49. The van der Waals surface area contributed by atoms with E-state index in [1.807, 2.05) is 0 Å². The number of benzene rings is 1. The second-order valence-electron chi connectivity index (χ2n) is 3.64. The van der Waals surface area contributed by atoms with Gasteiger partial charge in [0.1, 0.15) is 0 Å². The van der Waals surface area contributed by atoms with Crippen molar-refractivity contribution in [3.05, 3.63) is 34.2 Å². The zero-order chi connectivity index (χ0) is 11.7. The summed E-state index contributed by atoms with van der Waals surface area (Å²) in [4.78, 5) is 27.7.